The molecule has 11 heterocycles. The van der Waals surface area contributed by atoms with Gasteiger partial charge < -0.3 is 39.0 Å². The molecule has 6 aliphatic heterocycles. The zero-order valence-corrected chi connectivity index (χ0v) is 34.1. The number of hydrogen-bond donors (Lipinski definition) is 1. The molecule has 62 heavy (non-hydrogen) atoms. The van der Waals surface area contributed by atoms with E-state index in [1.807, 2.05) is 41.0 Å². The van der Waals surface area contributed by atoms with Crippen LogP contribution in [-0.2, 0) is 25.6 Å². The molecule has 2 amide bonds. The Kier molecular flexibility index (Phi) is 8.90. The zero-order valence-electron chi connectivity index (χ0n) is 34.1. The Labute approximate surface area is 352 Å². The predicted octanol–water partition coefficient (Wildman–Crippen LogP) is 3.28. The average Bonchev–Trinajstić information content (AvgIpc) is 3.94. The molecule has 17 nitrogen and oxygen atoms in total. The summed E-state index contributed by atoms with van der Waals surface area (Å²) in [5.41, 5.74) is 1.45. The van der Waals surface area contributed by atoms with Crippen molar-refractivity contribution in [3.05, 3.63) is 72.3 Å². The van der Waals surface area contributed by atoms with Crippen LogP contribution in [0.4, 0.5) is 30.8 Å². The molecule has 0 spiro atoms. The minimum Gasteiger partial charge on any atom is -0.378 e. The van der Waals surface area contributed by atoms with Gasteiger partial charge in [0, 0.05) is 52.1 Å². The van der Waals surface area contributed by atoms with Crippen molar-refractivity contribution in [3.8, 4) is 17.1 Å². The van der Waals surface area contributed by atoms with Crippen LogP contribution in [0, 0.1) is 18.6 Å². The Bertz CT molecular complexity index is 2800. The first-order chi connectivity index (χ1) is 29.9. The highest BCUT2D eigenvalue weighted by molar-refractivity contribution is 5.95. The summed E-state index contributed by atoms with van der Waals surface area (Å²) in [6.45, 7) is 2.90. The number of halogens is 3. The largest absolute Gasteiger partial charge is 0.378 e. The van der Waals surface area contributed by atoms with E-state index in [2.05, 4.69) is 15.0 Å². The second kappa shape index (κ2) is 14.3. The minimum atomic E-state index is -1.59. The number of nitrogens with one attached hydrogen (secondary N) is 1. The van der Waals surface area contributed by atoms with Gasteiger partial charge in [-0.3, -0.25) is 14.6 Å². The first kappa shape index (κ1) is 38.5. The molecule has 6 aliphatic rings. The van der Waals surface area contributed by atoms with Crippen LogP contribution in [0.3, 0.4) is 0 Å². The highest BCUT2D eigenvalue weighted by atomic mass is 19.1. The lowest BCUT2D eigenvalue weighted by Gasteiger charge is -2.56. The third-order valence-corrected chi connectivity index (χ3v) is 12.8. The van der Waals surface area contributed by atoms with Crippen molar-refractivity contribution in [2.75, 3.05) is 68.7 Å². The Hall–Kier alpha value is -6.41. The van der Waals surface area contributed by atoms with E-state index in [1.54, 1.807) is 25.3 Å². The number of piperazine rings is 1. The first-order valence-electron chi connectivity index (χ1n) is 20.6. The molecule has 1 aromatic carbocycles. The molecule has 0 saturated carbocycles. The Morgan fingerprint density at radius 2 is 1.82 bits per heavy atom. The monoisotopic (exact) mass is 849 g/mol. The van der Waals surface area contributed by atoms with Gasteiger partial charge in [0.05, 0.1) is 66.8 Å². The van der Waals surface area contributed by atoms with E-state index in [1.165, 1.54) is 21.8 Å². The summed E-state index contributed by atoms with van der Waals surface area (Å²) in [5, 5.41) is 8.51. The number of methoxy groups -OCH3 is 1. The molecular formula is C42H42F3N13O4. The summed E-state index contributed by atoms with van der Waals surface area (Å²) in [7, 11) is 3.36. The van der Waals surface area contributed by atoms with Gasteiger partial charge in [0.1, 0.15) is 46.7 Å². The van der Waals surface area contributed by atoms with E-state index in [0.29, 0.717) is 47.8 Å². The van der Waals surface area contributed by atoms with Gasteiger partial charge in [-0.2, -0.15) is 15.1 Å². The van der Waals surface area contributed by atoms with Gasteiger partial charge in [0.15, 0.2) is 17.1 Å². The molecule has 12 rings (SSSR count). The number of carbonyl (C=O) groups excluding carboxylic acids is 2. The highest BCUT2D eigenvalue weighted by Gasteiger charge is 2.54. The summed E-state index contributed by atoms with van der Waals surface area (Å²) in [6, 6.07) is 8.74. The van der Waals surface area contributed by atoms with Crippen LogP contribution in [0.15, 0.2) is 54.9 Å². The Balaban J connectivity index is 1.01. The van der Waals surface area contributed by atoms with Gasteiger partial charge in [0.25, 0.3) is 0 Å². The maximum Gasteiger partial charge on any atom is 0.245 e. The van der Waals surface area contributed by atoms with Crippen molar-refractivity contribution in [1.82, 2.24) is 49.1 Å². The van der Waals surface area contributed by atoms with Crippen LogP contribution in [-0.4, -0.2) is 150 Å². The van der Waals surface area contributed by atoms with Crippen molar-refractivity contribution in [2.45, 2.75) is 62.3 Å². The fraction of sp³-hybridized carbons (Fsp3) is 0.429. The molecule has 5 fully saturated rings. The van der Waals surface area contributed by atoms with E-state index in [4.69, 9.17) is 34.4 Å². The maximum absolute atomic E-state index is 15.5. The normalized spacial score (nSPS) is 24.5. The maximum atomic E-state index is 15.5. The van der Waals surface area contributed by atoms with Crippen LogP contribution in [0.2, 0.25) is 0 Å². The lowest BCUT2D eigenvalue weighted by molar-refractivity contribution is -0.162. The van der Waals surface area contributed by atoms with Crippen LogP contribution < -0.4 is 15.1 Å². The first-order valence-corrected chi connectivity index (χ1v) is 20.6. The third kappa shape index (κ3) is 6.20. The summed E-state index contributed by atoms with van der Waals surface area (Å²) < 4.78 is 59.2. The van der Waals surface area contributed by atoms with Crippen LogP contribution in [0.5, 0.6) is 0 Å². The molecule has 5 aromatic heterocycles. The van der Waals surface area contributed by atoms with Gasteiger partial charge >= 0.3 is 0 Å². The van der Waals surface area contributed by atoms with Gasteiger partial charge in [-0.15, -0.1) is 0 Å². The summed E-state index contributed by atoms with van der Waals surface area (Å²) >= 11 is 0. The number of carbonyl (C=O) groups is 2. The van der Waals surface area contributed by atoms with E-state index < -0.39 is 35.5 Å². The number of aromatic nitrogens is 8. The van der Waals surface area contributed by atoms with E-state index in [-0.39, 0.29) is 80.6 Å². The van der Waals surface area contributed by atoms with Crippen LogP contribution in [0.1, 0.15) is 18.7 Å². The predicted molar refractivity (Wildman–Crippen MR) is 220 cm³/mol. The average molecular weight is 850 g/mol. The zero-order chi connectivity index (χ0) is 42.6. The van der Waals surface area contributed by atoms with Gasteiger partial charge in [0.2, 0.25) is 17.8 Å². The number of alkyl halides is 1. The number of benzene rings is 1. The fourth-order valence-electron chi connectivity index (χ4n) is 9.72. The number of nitrogens with zero attached hydrogens (tertiary/aromatic N) is 12. The molecule has 0 aliphatic carbocycles. The Morgan fingerprint density at radius 3 is 2.60 bits per heavy atom. The SMILES string of the molecule is CO[C@H]1CN(C)C(=O)[C@@H]2CC(CN2c2nc(N3C4CC3C(=O)N(CC3(F)COC3)C4)nc3c2cnn3-c2ccc(F)cc2F)Nc2cccc(n2)-c2nccc3nc(C)n(c23)C1. The molecule has 20 heteroatoms. The van der Waals surface area contributed by atoms with Crippen LogP contribution >= 0.6 is 0 Å². The molecule has 1 N–H and O–H groups in total. The summed E-state index contributed by atoms with van der Waals surface area (Å²) in [6.07, 6.45) is 3.66. The molecule has 5 atom stereocenters. The number of piperidine rings is 1. The molecule has 6 aromatic rings. The molecule has 5 saturated heterocycles. The standard InChI is InChI=1S/C42H42F3N13O4/c1-22-48-30-9-10-46-35-29-5-4-6-34(50-29)49-24-12-32(39(59)53(2)17-26(61-3)18-55(22)36(30)35)56(15-24)37-27-14-47-58(31-8-7-23(43)11-28(31)44)38(27)52-41(51-37)57-25-13-33(57)40(60)54(16-25)19-42(45)20-62-21-42/h4-11,14,24-26,32-33H,12-13,15-21H2,1-3H3,(H,49,50)/t24?,25?,26-,32-,33?/m0/s1. The molecule has 320 valence electrons. The summed E-state index contributed by atoms with van der Waals surface area (Å²) in [4.78, 5) is 60.3. The van der Waals surface area contributed by atoms with Crippen LogP contribution in [0.25, 0.3) is 39.1 Å². The number of hydrogen-bond acceptors (Lipinski definition) is 13. The smallest absolute Gasteiger partial charge is 0.245 e. The van der Waals surface area contributed by atoms with Crippen molar-refractivity contribution in [1.29, 1.82) is 0 Å². The third-order valence-electron chi connectivity index (χ3n) is 12.8. The topological polar surface area (TPSA) is 165 Å². The molecular weight excluding hydrogens is 808 g/mol. The second-order valence-corrected chi connectivity index (χ2v) is 16.9. The molecule has 0 radical (unpaired) electrons. The number of ether oxygens (including phenoxy) is 2. The van der Waals surface area contributed by atoms with Crippen molar-refractivity contribution in [3.63, 3.8) is 0 Å². The number of pyridine rings is 2. The second-order valence-electron chi connectivity index (χ2n) is 16.9. The van der Waals surface area contributed by atoms with Crippen molar-refractivity contribution in [2.24, 2.45) is 0 Å². The number of aryl methyl sites for hydroxylation is 1. The molecule has 6 bridgehead atoms. The Morgan fingerprint density at radius 1 is 0.968 bits per heavy atom. The minimum absolute atomic E-state index is 0.0492. The quantitative estimate of drug-likeness (QED) is 0.260. The van der Waals surface area contributed by atoms with Crippen molar-refractivity contribution >= 4 is 51.5 Å². The number of imidazole rings is 1. The van der Waals surface area contributed by atoms with E-state index in [0.717, 1.165) is 29.0 Å². The molecule has 3 unspecified atom stereocenters. The van der Waals surface area contributed by atoms with Crippen molar-refractivity contribution < 1.29 is 32.2 Å². The van der Waals surface area contributed by atoms with E-state index >= 15 is 8.78 Å². The summed E-state index contributed by atoms with van der Waals surface area (Å²) in [5.74, 6) is -0.197. The number of fused-ring (bicyclic) bond motifs is 8. The van der Waals surface area contributed by atoms with Gasteiger partial charge in [-0.1, -0.05) is 6.07 Å². The number of amides is 2. The van der Waals surface area contributed by atoms with E-state index in [9.17, 15) is 14.0 Å². The highest BCUT2D eigenvalue weighted by Crippen LogP contribution is 2.41. The lowest BCUT2D eigenvalue weighted by Crippen LogP contribution is -2.73. The lowest BCUT2D eigenvalue weighted by atomic mass is 9.86. The number of anilines is 3. The fourth-order valence-corrected chi connectivity index (χ4v) is 9.72. The van der Waals surface area contributed by atoms with Gasteiger partial charge in [-0.25, -0.2) is 27.8 Å². The van der Waals surface area contributed by atoms with Gasteiger partial charge in [-0.05, 0) is 50.1 Å². The number of likely N-dealkylation sites (N-methyl/N-ethyl adjacent to an activating group) is 1. The number of rotatable bonds is 6.